The normalized spacial score (nSPS) is 15.7. The van der Waals surface area contributed by atoms with Gasteiger partial charge in [0.05, 0.1) is 17.0 Å². The van der Waals surface area contributed by atoms with Gasteiger partial charge in [-0.3, -0.25) is 14.5 Å². The van der Waals surface area contributed by atoms with Gasteiger partial charge in [-0.05, 0) is 42.7 Å². The number of benzene rings is 2. The van der Waals surface area contributed by atoms with Crippen LogP contribution < -0.4 is 10.3 Å². The molecule has 1 amide bonds. The third-order valence-electron chi connectivity index (χ3n) is 5.48. The number of anilines is 1. The number of phenolic OH excluding ortho intramolecular Hbond substituents is 1. The van der Waals surface area contributed by atoms with Gasteiger partial charge in [-0.15, -0.1) is 10.2 Å². The topological polar surface area (TPSA) is 96.5 Å². The monoisotopic (exact) mass is 447 g/mol. The zero-order chi connectivity index (χ0) is 22.6. The van der Waals surface area contributed by atoms with Crippen LogP contribution in [0.5, 0.6) is 5.75 Å². The molecule has 162 valence electrons. The number of phenols is 1. The van der Waals surface area contributed by atoms with Crippen LogP contribution in [-0.2, 0) is 6.42 Å². The van der Waals surface area contributed by atoms with Gasteiger partial charge in [-0.1, -0.05) is 48.9 Å². The van der Waals surface area contributed by atoms with E-state index in [9.17, 15) is 14.7 Å². The molecule has 0 bridgehead atoms. The van der Waals surface area contributed by atoms with Crippen molar-refractivity contribution in [2.45, 2.75) is 33.2 Å². The molecule has 0 fully saturated rings. The van der Waals surface area contributed by atoms with E-state index in [1.807, 2.05) is 13.0 Å². The van der Waals surface area contributed by atoms with Crippen LogP contribution in [0, 0.1) is 12.8 Å². The summed E-state index contributed by atoms with van der Waals surface area (Å²) in [5, 5.41) is 20.0. The molecule has 3 heterocycles. The summed E-state index contributed by atoms with van der Waals surface area (Å²) in [6.07, 6.45) is 0.747. The van der Waals surface area contributed by atoms with E-state index in [0.29, 0.717) is 27.6 Å². The molecule has 5 rings (SSSR count). The number of aromatic hydroxyl groups is 1. The van der Waals surface area contributed by atoms with Gasteiger partial charge in [-0.2, -0.15) is 0 Å². The fraction of sp³-hybridized carbons (Fsp3) is 0.250. The van der Waals surface area contributed by atoms with E-state index in [-0.39, 0.29) is 22.5 Å². The van der Waals surface area contributed by atoms with Gasteiger partial charge in [0.15, 0.2) is 5.43 Å². The van der Waals surface area contributed by atoms with Crippen molar-refractivity contribution >= 4 is 33.3 Å². The average molecular weight is 448 g/mol. The SMILES string of the molecule is Cc1ccc2oc3c(c(=O)c2c1)[C@@H](c1ccc(O)cc1)N(c1nnc(CC(C)C)s1)C3=O. The largest absolute Gasteiger partial charge is 0.508 e. The van der Waals surface area contributed by atoms with E-state index < -0.39 is 11.9 Å². The number of rotatable bonds is 4. The van der Waals surface area contributed by atoms with Crippen LogP contribution in [0.3, 0.4) is 0 Å². The Morgan fingerprint density at radius 3 is 2.59 bits per heavy atom. The molecule has 1 atom stereocenters. The highest BCUT2D eigenvalue weighted by molar-refractivity contribution is 7.15. The third-order valence-corrected chi connectivity index (χ3v) is 6.42. The van der Waals surface area contributed by atoms with Crippen LogP contribution in [0.25, 0.3) is 11.0 Å². The molecule has 0 aliphatic carbocycles. The summed E-state index contributed by atoms with van der Waals surface area (Å²) in [5.41, 5.74) is 2.01. The first-order valence-corrected chi connectivity index (χ1v) is 11.2. The van der Waals surface area contributed by atoms with Gasteiger partial charge in [0.25, 0.3) is 5.91 Å². The number of hydrogen-bond acceptors (Lipinski definition) is 7. The number of aryl methyl sites for hydroxylation is 1. The average Bonchev–Trinajstić information content (AvgIpc) is 3.31. The predicted molar refractivity (Wildman–Crippen MR) is 122 cm³/mol. The molecule has 1 N–H and O–H groups in total. The summed E-state index contributed by atoms with van der Waals surface area (Å²) < 4.78 is 5.97. The molecule has 1 aliphatic rings. The Hall–Kier alpha value is -3.52. The quantitative estimate of drug-likeness (QED) is 0.491. The minimum absolute atomic E-state index is 0.0186. The van der Waals surface area contributed by atoms with E-state index in [0.717, 1.165) is 17.0 Å². The molecule has 1 aliphatic heterocycles. The summed E-state index contributed by atoms with van der Waals surface area (Å²) >= 11 is 1.34. The van der Waals surface area contributed by atoms with Crippen LogP contribution >= 0.6 is 11.3 Å². The number of nitrogens with zero attached hydrogens (tertiary/aromatic N) is 3. The number of fused-ring (bicyclic) bond motifs is 2. The number of hydrogen-bond donors (Lipinski definition) is 1. The molecular weight excluding hydrogens is 426 g/mol. The fourth-order valence-electron chi connectivity index (χ4n) is 4.03. The lowest BCUT2D eigenvalue weighted by atomic mass is 9.98. The lowest BCUT2D eigenvalue weighted by Gasteiger charge is -2.22. The van der Waals surface area contributed by atoms with Crippen LogP contribution in [0.4, 0.5) is 5.13 Å². The number of amides is 1. The Labute approximate surface area is 188 Å². The maximum atomic E-state index is 13.6. The summed E-state index contributed by atoms with van der Waals surface area (Å²) in [6, 6.07) is 11.1. The first-order chi connectivity index (χ1) is 15.3. The van der Waals surface area contributed by atoms with Crippen molar-refractivity contribution in [3.8, 4) is 5.75 Å². The molecule has 2 aromatic carbocycles. The van der Waals surface area contributed by atoms with Gasteiger partial charge < -0.3 is 9.52 Å². The van der Waals surface area contributed by atoms with Crippen LogP contribution in [0.2, 0.25) is 0 Å². The number of carbonyl (C=O) groups is 1. The number of aromatic nitrogens is 2. The van der Waals surface area contributed by atoms with E-state index in [1.165, 1.54) is 28.4 Å². The van der Waals surface area contributed by atoms with Gasteiger partial charge in [0, 0.05) is 6.42 Å². The summed E-state index contributed by atoms with van der Waals surface area (Å²) in [6.45, 7) is 6.08. The molecule has 0 spiro atoms. The zero-order valence-corrected chi connectivity index (χ0v) is 18.6. The van der Waals surface area contributed by atoms with Crippen molar-refractivity contribution in [2.24, 2.45) is 5.92 Å². The summed E-state index contributed by atoms with van der Waals surface area (Å²) in [5.74, 6) is 0.0862. The van der Waals surface area contributed by atoms with Crippen molar-refractivity contribution in [2.75, 3.05) is 4.90 Å². The van der Waals surface area contributed by atoms with Crippen LogP contribution in [0.15, 0.2) is 51.7 Å². The Balaban J connectivity index is 1.74. The van der Waals surface area contributed by atoms with E-state index in [2.05, 4.69) is 24.0 Å². The lowest BCUT2D eigenvalue weighted by Crippen LogP contribution is -2.29. The Kier molecular flexibility index (Phi) is 4.82. The van der Waals surface area contributed by atoms with Gasteiger partial charge in [0.1, 0.15) is 16.3 Å². The minimum Gasteiger partial charge on any atom is -0.508 e. The smallest absolute Gasteiger partial charge is 0.297 e. The highest BCUT2D eigenvalue weighted by Crippen LogP contribution is 2.42. The molecule has 0 saturated carbocycles. The minimum atomic E-state index is -0.723. The van der Waals surface area contributed by atoms with Crippen molar-refractivity contribution in [3.63, 3.8) is 0 Å². The summed E-state index contributed by atoms with van der Waals surface area (Å²) in [7, 11) is 0. The molecule has 0 saturated heterocycles. The predicted octanol–water partition coefficient (Wildman–Crippen LogP) is 4.61. The molecule has 7 nitrogen and oxygen atoms in total. The molecule has 8 heteroatoms. The van der Waals surface area contributed by atoms with Crippen molar-refractivity contribution < 1.29 is 14.3 Å². The fourth-order valence-corrected chi connectivity index (χ4v) is 5.11. The Morgan fingerprint density at radius 1 is 1.12 bits per heavy atom. The second-order valence-electron chi connectivity index (χ2n) is 8.42. The second-order valence-corrected chi connectivity index (χ2v) is 9.46. The van der Waals surface area contributed by atoms with E-state index in [4.69, 9.17) is 4.42 Å². The molecule has 2 aromatic heterocycles. The molecule has 32 heavy (non-hydrogen) atoms. The highest BCUT2D eigenvalue weighted by Gasteiger charge is 2.45. The van der Waals surface area contributed by atoms with Crippen LogP contribution in [0.1, 0.15) is 52.1 Å². The van der Waals surface area contributed by atoms with Gasteiger partial charge >= 0.3 is 0 Å². The maximum Gasteiger partial charge on any atom is 0.297 e. The first-order valence-electron chi connectivity index (χ1n) is 10.4. The van der Waals surface area contributed by atoms with E-state index in [1.54, 1.807) is 24.3 Å². The third kappa shape index (κ3) is 3.27. The Morgan fingerprint density at radius 2 is 1.88 bits per heavy atom. The Bertz CT molecular complexity index is 1410. The first kappa shape index (κ1) is 20.4. The van der Waals surface area contributed by atoms with Crippen molar-refractivity contribution in [1.29, 1.82) is 0 Å². The molecule has 0 radical (unpaired) electrons. The van der Waals surface area contributed by atoms with E-state index >= 15 is 0 Å². The molecular formula is C24H21N3O4S. The van der Waals surface area contributed by atoms with Crippen molar-refractivity contribution in [1.82, 2.24) is 10.2 Å². The maximum absolute atomic E-state index is 13.6. The lowest BCUT2D eigenvalue weighted by molar-refractivity contribution is 0.0970. The van der Waals surface area contributed by atoms with Gasteiger partial charge in [0.2, 0.25) is 10.9 Å². The zero-order valence-electron chi connectivity index (χ0n) is 17.8. The molecule has 0 unspecified atom stereocenters. The molecule has 4 aromatic rings. The summed E-state index contributed by atoms with van der Waals surface area (Å²) in [4.78, 5) is 28.6. The highest BCUT2D eigenvalue weighted by atomic mass is 32.1. The second kappa shape index (κ2) is 7.56. The van der Waals surface area contributed by atoms with Crippen molar-refractivity contribution in [3.05, 3.63) is 80.1 Å². The van der Waals surface area contributed by atoms with Gasteiger partial charge in [-0.25, -0.2) is 0 Å². The number of carbonyl (C=O) groups excluding carboxylic acids is 1. The van der Waals surface area contributed by atoms with Crippen LogP contribution in [-0.4, -0.2) is 21.2 Å². The standard InChI is InChI=1S/C24H21N3O4S/c1-12(2)10-18-25-26-24(32-18)27-20(14-5-7-15(28)8-6-14)19-21(29)16-11-13(3)4-9-17(16)31-22(19)23(27)30/h4-9,11-12,20,28H,10H2,1-3H3/t20-/m1/s1.